The molecular formula is C14H17FN2O3. The van der Waals surface area contributed by atoms with Crippen LogP contribution in [-0.2, 0) is 4.79 Å². The van der Waals surface area contributed by atoms with Gasteiger partial charge in [0.05, 0.1) is 11.6 Å². The summed E-state index contributed by atoms with van der Waals surface area (Å²) < 4.78 is 12.8. The quantitative estimate of drug-likeness (QED) is 0.918. The van der Waals surface area contributed by atoms with Gasteiger partial charge in [0.25, 0.3) is 5.91 Å². The molecule has 0 radical (unpaired) electrons. The van der Waals surface area contributed by atoms with Gasteiger partial charge in [-0.25, -0.2) is 9.37 Å². The summed E-state index contributed by atoms with van der Waals surface area (Å²) in [6, 6.07) is 2.50. The molecule has 1 fully saturated rings. The Balaban J connectivity index is 2.18. The van der Waals surface area contributed by atoms with Crippen molar-refractivity contribution in [1.82, 2.24) is 9.88 Å². The van der Waals surface area contributed by atoms with Gasteiger partial charge in [-0.2, -0.15) is 0 Å². The Morgan fingerprint density at radius 3 is 2.80 bits per heavy atom. The second-order valence-electron chi connectivity index (χ2n) is 5.13. The Morgan fingerprint density at radius 2 is 2.25 bits per heavy atom. The fraction of sp³-hybridized carbons (Fsp3) is 0.500. The van der Waals surface area contributed by atoms with E-state index in [2.05, 4.69) is 4.98 Å². The minimum Gasteiger partial charge on any atom is -0.481 e. The number of carboxylic acid groups (broad SMARTS) is 1. The minimum atomic E-state index is -0.881. The number of carbonyl (C=O) groups is 2. The summed E-state index contributed by atoms with van der Waals surface area (Å²) in [5.41, 5.74) is -0.739. The molecule has 20 heavy (non-hydrogen) atoms. The van der Waals surface area contributed by atoms with Gasteiger partial charge in [0.15, 0.2) is 0 Å². The summed E-state index contributed by atoms with van der Waals surface area (Å²) in [6.07, 6.45) is 2.68. The van der Waals surface area contributed by atoms with Crippen LogP contribution in [0.5, 0.6) is 0 Å². The van der Waals surface area contributed by atoms with Gasteiger partial charge in [-0.15, -0.1) is 0 Å². The molecule has 1 aliphatic heterocycles. The summed E-state index contributed by atoms with van der Waals surface area (Å²) in [5.74, 6) is -1.72. The maximum atomic E-state index is 12.8. The molecule has 1 aromatic rings. The molecule has 1 aromatic heterocycles. The highest BCUT2D eigenvalue weighted by Crippen LogP contribution is 2.34. The van der Waals surface area contributed by atoms with Crippen molar-refractivity contribution in [3.63, 3.8) is 0 Å². The number of halogens is 1. The Morgan fingerprint density at radius 1 is 1.50 bits per heavy atom. The first-order valence-electron chi connectivity index (χ1n) is 6.63. The number of likely N-dealkylation sites (tertiary alicyclic amines) is 1. The normalized spacial score (nSPS) is 22.6. The predicted octanol–water partition coefficient (Wildman–Crippen LogP) is 1.94. The van der Waals surface area contributed by atoms with Crippen LogP contribution in [0.2, 0.25) is 0 Å². The van der Waals surface area contributed by atoms with Crippen LogP contribution in [0.4, 0.5) is 4.39 Å². The maximum Gasteiger partial charge on any atom is 0.311 e. The number of hydrogen-bond acceptors (Lipinski definition) is 3. The minimum absolute atomic E-state index is 0.142. The number of hydrogen-bond donors (Lipinski definition) is 1. The molecule has 0 spiro atoms. The van der Waals surface area contributed by atoms with Crippen molar-refractivity contribution >= 4 is 11.9 Å². The van der Waals surface area contributed by atoms with Gasteiger partial charge in [-0.1, -0.05) is 6.92 Å². The lowest BCUT2D eigenvalue weighted by molar-refractivity contribution is -0.152. The number of aromatic nitrogens is 1. The molecule has 1 N–H and O–H groups in total. The highest BCUT2D eigenvalue weighted by Gasteiger charge is 2.42. The molecule has 1 aliphatic rings. The fourth-order valence-corrected chi connectivity index (χ4v) is 2.58. The Bertz CT molecular complexity index is 518. The summed E-state index contributed by atoms with van der Waals surface area (Å²) in [4.78, 5) is 29.0. The first kappa shape index (κ1) is 14.4. The van der Waals surface area contributed by atoms with Crippen molar-refractivity contribution < 1.29 is 19.1 Å². The standard InChI is InChI=1S/C14H17FN2O3/c1-2-14(13(19)20)6-3-7-17(9-14)12(18)11-5-4-10(15)8-16-11/h4-5,8H,2-3,6-7,9H2,1H3,(H,19,20). The second-order valence-corrected chi connectivity index (χ2v) is 5.13. The van der Waals surface area contributed by atoms with E-state index in [1.807, 2.05) is 6.92 Å². The highest BCUT2D eigenvalue weighted by atomic mass is 19.1. The molecule has 1 unspecified atom stereocenters. The van der Waals surface area contributed by atoms with E-state index in [1.165, 1.54) is 17.0 Å². The molecule has 1 saturated heterocycles. The van der Waals surface area contributed by atoms with Crippen molar-refractivity contribution in [2.24, 2.45) is 5.41 Å². The number of rotatable bonds is 3. The SMILES string of the molecule is CCC1(C(=O)O)CCCN(C(=O)c2ccc(F)cn2)C1. The lowest BCUT2D eigenvalue weighted by atomic mass is 9.77. The average Bonchev–Trinajstić information content (AvgIpc) is 2.47. The molecule has 1 amide bonds. The lowest BCUT2D eigenvalue weighted by Gasteiger charge is -2.39. The fourth-order valence-electron chi connectivity index (χ4n) is 2.58. The molecule has 0 saturated carbocycles. The summed E-state index contributed by atoms with van der Waals surface area (Å²) in [6.45, 7) is 2.50. The van der Waals surface area contributed by atoms with Gasteiger partial charge in [0.1, 0.15) is 11.5 Å². The van der Waals surface area contributed by atoms with E-state index in [4.69, 9.17) is 0 Å². The number of amides is 1. The van der Waals surface area contributed by atoms with Crippen LogP contribution in [0.15, 0.2) is 18.3 Å². The van der Waals surface area contributed by atoms with Crippen molar-refractivity contribution in [1.29, 1.82) is 0 Å². The Hall–Kier alpha value is -1.98. The van der Waals surface area contributed by atoms with Crippen LogP contribution < -0.4 is 0 Å². The molecule has 6 heteroatoms. The van der Waals surface area contributed by atoms with Crippen LogP contribution in [0.1, 0.15) is 36.7 Å². The van der Waals surface area contributed by atoms with Gasteiger partial charge in [0.2, 0.25) is 0 Å². The summed E-state index contributed by atoms with van der Waals surface area (Å²) in [5, 5.41) is 9.39. The zero-order valence-corrected chi connectivity index (χ0v) is 11.3. The van der Waals surface area contributed by atoms with Crippen molar-refractivity contribution in [2.45, 2.75) is 26.2 Å². The number of aliphatic carboxylic acids is 1. The third kappa shape index (κ3) is 2.64. The van der Waals surface area contributed by atoms with E-state index in [0.717, 1.165) is 6.20 Å². The predicted molar refractivity (Wildman–Crippen MR) is 69.7 cm³/mol. The van der Waals surface area contributed by atoms with Crippen molar-refractivity contribution in [3.05, 3.63) is 29.8 Å². The van der Waals surface area contributed by atoms with Crippen LogP contribution in [0.3, 0.4) is 0 Å². The van der Waals surface area contributed by atoms with E-state index in [1.54, 1.807) is 0 Å². The third-order valence-electron chi connectivity index (χ3n) is 3.94. The molecule has 5 nitrogen and oxygen atoms in total. The molecule has 0 aliphatic carbocycles. The molecule has 1 atom stereocenters. The molecule has 2 heterocycles. The highest BCUT2D eigenvalue weighted by molar-refractivity contribution is 5.92. The molecule has 0 aromatic carbocycles. The van der Waals surface area contributed by atoms with Gasteiger partial charge < -0.3 is 10.0 Å². The lowest BCUT2D eigenvalue weighted by Crippen LogP contribution is -2.49. The first-order chi connectivity index (χ1) is 9.48. The van der Waals surface area contributed by atoms with E-state index < -0.39 is 17.2 Å². The van der Waals surface area contributed by atoms with Crippen molar-refractivity contribution in [2.75, 3.05) is 13.1 Å². The average molecular weight is 280 g/mol. The van der Waals surface area contributed by atoms with Gasteiger partial charge in [0, 0.05) is 13.1 Å². The smallest absolute Gasteiger partial charge is 0.311 e. The molecular weight excluding hydrogens is 263 g/mol. The number of piperidine rings is 1. The van der Waals surface area contributed by atoms with Crippen molar-refractivity contribution in [3.8, 4) is 0 Å². The van der Waals surface area contributed by atoms with E-state index in [9.17, 15) is 19.1 Å². The molecule has 2 rings (SSSR count). The zero-order valence-electron chi connectivity index (χ0n) is 11.3. The van der Waals surface area contributed by atoms with Crippen LogP contribution in [0.25, 0.3) is 0 Å². The third-order valence-corrected chi connectivity index (χ3v) is 3.94. The molecule has 0 bridgehead atoms. The molecule has 108 valence electrons. The van der Waals surface area contributed by atoms with Gasteiger partial charge in [-0.3, -0.25) is 9.59 Å². The second kappa shape index (κ2) is 5.56. The first-order valence-corrected chi connectivity index (χ1v) is 6.63. The number of carboxylic acids is 1. The van der Waals surface area contributed by atoms with Crippen LogP contribution in [-0.4, -0.2) is 40.0 Å². The number of nitrogens with zero attached hydrogens (tertiary/aromatic N) is 2. The van der Waals surface area contributed by atoms with Gasteiger partial charge in [-0.05, 0) is 31.4 Å². The summed E-state index contributed by atoms with van der Waals surface area (Å²) >= 11 is 0. The zero-order chi connectivity index (χ0) is 14.8. The number of pyridine rings is 1. The van der Waals surface area contributed by atoms with E-state index in [-0.39, 0.29) is 18.1 Å². The van der Waals surface area contributed by atoms with Gasteiger partial charge >= 0.3 is 5.97 Å². The topological polar surface area (TPSA) is 70.5 Å². The largest absolute Gasteiger partial charge is 0.481 e. The maximum absolute atomic E-state index is 12.8. The van der Waals surface area contributed by atoms with E-state index in [0.29, 0.717) is 25.8 Å². The van der Waals surface area contributed by atoms with Crippen LogP contribution >= 0.6 is 0 Å². The monoisotopic (exact) mass is 280 g/mol. The van der Waals surface area contributed by atoms with E-state index >= 15 is 0 Å². The van der Waals surface area contributed by atoms with Crippen LogP contribution in [0, 0.1) is 11.2 Å². The Labute approximate surface area is 116 Å². The Kier molecular flexibility index (Phi) is 4.01. The number of carbonyl (C=O) groups excluding carboxylic acids is 1. The summed E-state index contributed by atoms with van der Waals surface area (Å²) in [7, 11) is 0.